The molecule has 0 spiro atoms. The van der Waals surface area contributed by atoms with Gasteiger partial charge in [0.05, 0.1) is 11.3 Å². The number of halogens is 1. The predicted octanol–water partition coefficient (Wildman–Crippen LogP) is 1.41. The smallest absolute Gasteiger partial charge is 0.254 e. The minimum Gasteiger partial charge on any atom is -0.340 e. The third-order valence-corrected chi connectivity index (χ3v) is 2.46. The van der Waals surface area contributed by atoms with Crippen molar-refractivity contribution in [2.75, 3.05) is 5.32 Å². The van der Waals surface area contributed by atoms with E-state index < -0.39 is 6.04 Å². The summed E-state index contributed by atoms with van der Waals surface area (Å²) in [5.74, 6) is -0.525. The van der Waals surface area contributed by atoms with E-state index in [-0.39, 0.29) is 11.8 Å². The summed E-state index contributed by atoms with van der Waals surface area (Å²) in [7, 11) is 0. The Morgan fingerprint density at radius 1 is 1.33 bits per heavy atom. The number of hydrogen-bond acceptors (Lipinski definition) is 2. The number of carbonyl (C=O) groups is 2. The van der Waals surface area contributed by atoms with Crippen molar-refractivity contribution in [3.8, 4) is 0 Å². The Labute approximate surface area is 91.6 Å². The molecule has 0 aromatic heterocycles. The highest BCUT2D eigenvalue weighted by atomic mass is 35.5. The van der Waals surface area contributed by atoms with Gasteiger partial charge in [-0.25, -0.2) is 0 Å². The molecule has 2 amide bonds. The van der Waals surface area contributed by atoms with Crippen molar-refractivity contribution < 1.29 is 9.59 Å². The quantitative estimate of drug-likeness (QED) is 0.700. The van der Waals surface area contributed by atoms with Crippen LogP contribution in [0.15, 0.2) is 18.2 Å². The van der Waals surface area contributed by atoms with Crippen LogP contribution in [0.3, 0.4) is 0 Å². The second-order valence-electron chi connectivity index (χ2n) is 3.37. The Hall–Kier alpha value is -1.55. The SMILES string of the molecule is C[C@H]1NC(=O)c2cc(Cl)ccc2NC1=O. The summed E-state index contributed by atoms with van der Waals surface area (Å²) < 4.78 is 0. The van der Waals surface area contributed by atoms with Gasteiger partial charge in [-0.05, 0) is 25.1 Å². The topological polar surface area (TPSA) is 58.2 Å². The van der Waals surface area contributed by atoms with Crippen molar-refractivity contribution >= 4 is 29.1 Å². The Morgan fingerprint density at radius 3 is 2.80 bits per heavy atom. The Balaban J connectivity index is 2.51. The highest BCUT2D eigenvalue weighted by molar-refractivity contribution is 6.31. The van der Waals surface area contributed by atoms with Gasteiger partial charge in [-0.3, -0.25) is 9.59 Å². The lowest BCUT2D eigenvalue weighted by molar-refractivity contribution is -0.117. The number of carbonyl (C=O) groups excluding carboxylic acids is 2. The maximum atomic E-state index is 11.7. The summed E-state index contributed by atoms with van der Waals surface area (Å²) in [6.45, 7) is 1.63. The van der Waals surface area contributed by atoms with Gasteiger partial charge in [-0.1, -0.05) is 11.6 Å². The lowest BCUT2D eigenvalue weighted by Crippen LogP contribution is -2.38. The maximum Gasteiger partial charge on any atom is 0.254 e. The summed E-state index contributed by atoms with van der Waals surface area (Å²) in [6.07, 6.45) is 0. The molecule has 2 N–H and O–H groups in total. The van der Waals surface area contributed by atoms with E-state index in [1.807, 2.05) is 0 Å². The van der Waals surface area contributed by atoms with Gasteiger partial charge in [-0.15, -0.1) is 0 Å². The van der Waals surface area contributed by atoms with Crippen LogP contribution in [0.4, 0.5) is 5.69 Å². The number of hydrogen-bond donors (Lipinski definition) is 2. The first-order chi connectivity index (χ1) is 7.08. The van der Waals surface area contributed by atoms with Crippen LogP contribution in [0.25, 0.3) is 0 Å². The first-order valence-corrected chi connectivity index (χ1v) is 4.87. The fourth-order valence-electron chi connectivity index (χ4n) is 1.39. The molecule has 1 atom stereocenters. The molecule has 78 valence electrons. The molecule has 4 nitrogen and oxygen atoms in total. The van der Waals surface area contributed by atoms with Gasteiger partial charge in [0, 0.05) is 5.02 Å². The molecule has 15 heavy (non-hydrogen) atoms. The molecule has 2 rings (SSSR count). The third-order valence-electron chi connectivity index (χ3n) is 2.22. The molecule has 1 aromatic carbocycles. The molecule has 1 aliphatic rings. The average Bonchev–Trinajstić information content (AvgIpc) is 2.28. The molecule has 0 saturated heterocycles. The van der Waals surface area contributed by atoms with Crippen LogP contribution < -0.4 is 10.6 Å². The van der Waals surface area contributed by atoms with Crippen LogP contribution >= 0.6 is 11.6 Å². The van der Waals surface area contributed by atoms with Crippen molar-refractivity contribution in [3.05, 3.63) is 28.8 Å². The van der Waals surface area contributed by atoms with Gasteiger partial charge in [0.15, 0.2) is 0 Å². The molecule has 0 bridgehead atoms. The maximum absolute atomic E-state index is 11.7. The summed E-state index contributed by atoms with van der Waals surface area (Å²) >= 11 is 5.78. The van der Waals surface area contributed by atoms with Gasteiger partial charge in [0.25, 0.3) is 5.91 Å². The molecule has 5 heteroatoms. The Morgan fingerprint density at radius 2 is 2.07 bits per heavy atom. The summed E-state index contributed by atoms with van der Waals surface area (Å²) in [5, 5.41) is 5.68. The van der Waals surface area contributed by atoms with Crippen molar-refractivity contribution in [2.45, 2.75) is 13.0 Å². The van der Waals surface area contributed by atoms with Crippen LogP contribution in [0.5, 0.6) is 0 Å². The van der Waals surface area contributed by atoms with Gasteiger partial charge in [0.1, 0.15) is 6.04 Å². The minimum atomic E-state index is -0.538. The van der Waals surface area contributed by atoms with E-state index in [9.17, 15) is 9.59 Å². The number of benzene rings is 1. The highest BCUT2D eigenvalue weighted by Gasteiger charge is 2.24. The first kappa shape index (κ1) is 9.98. The number of fused-ring (bicyclic) bond motifs is 1. The molecule has 0 radical (unpaired) electrons. The molecule has 0 fully saturated rings. The van der Waals surface area contributed by atoms with E-state index in [4.69, 9.17) is 11.6 Å². The summed E-state index contributed by atoms with van der Waals surface area (Å²) in [4.78, 5) is 23.1. The molecule has 0 aliphatic carbocycles. The number of rotatable bonds is 0. The summed E-state index contributed by atoms with van der Waals surface area (Å²) in [6, 6.07) is 4.24. The lowest BCUT2D eigenvalue weighted by Gasteiger charge is -2.06. The molecular weight excluding hydrogens is 216 g/mol. The van der Waals surface area contributed by atoms with E-state index in [0.717, 1.165) is 0 Å². The largest absolute Gasteiger partial charge is 0.340 e. The second-order valence-corrected chi connectivity index (χ2v) is 3.81. The van der Waals surface area contributed by atoms with E-state index in [0.29, 0.717) is 16.3 Å². The van der Waals surface area contributed by atoms with E-state index >= 15 is 0 Å². The van der Waals surface area contributed by atoms with E-state index in [1.54, 1.807) is 19.1 Å². The van der Waals surface area contributed by atoms with Crippen LogP contribution in [0.1, 0.15) is 17.3 Å². The Kier molecular flexibility index (Phi) is 2.36. The van der Waals surface area contributed by atoms with Crippen molar-refractivity contribution in [2.24, 2.45) is 0 Å². The standard InChI is InChI=1S/C10H9ClN2O2/c1-5-9(14)13-8-3-2-6(11)4-7(8)10(15)12-5/h2-5H,1H3,(H,12,15)(H,13,14)/t5-/m1/s1. The predicted molar refractivity (Wildman–Crippen MR) is 57.0 cm³/mol. The minimum absolute atomic E-state index is 0.232. The fraction of sp³-hybridized carbons (Fsp3) is 0.200. The van der Waals surface area contributed by atoms with Gasteiger partial charge in [-0.2, -0.15) is 0 Å². The van der Waals surface area contributed by atoms with Crippen LogP contribution in [-0.2, 0) is 4.79 Å². The van der Waals surface area contributed by atoms with E-state index in [2.05, 4.69) is 10.6 Å². The zero-order valence-electron chi connectivity index (χ0n) is 8.00. The number of amides is 2. The molecule has 1 heterocycles. The van der Waals surface area contributed by atoms with Crippen LogP contribution in [0, 0.1) is 0 Å². The normalized spacial score (nSPS) is 20.0. The van der Waals surface area contributed by atoms with Gasteiger partial charge in [0.2, 0.25) is 5.91 Å². The number of nitrogens with one attached hydrogen (secondary N) is 2. The second kappa shape index (κ2) is 3.55. The Bertz CT molecular complexity index is 445. The van der Waals surface area contributed by atoms with Gasteiger partial charge < -0.3 is 10.6 Å². The van der Waals surface area contributed by atoms with Crippen LogP contribution in [-0.4, -0.2) is 17.9 Å². The third kappa shape index (κ3) is 1.80. The molecular formula is C10H9ClN2O2. The zero-order valence-corrected chi connectivity index (χ0v) is 8.76. The zero-order chi connectivity index (χ0) is 11.0. The van der Waals surface area contributed by atoms with Crippen LogP contribution in [0.2, 0.25) is 5.02 Å². The van der Waals surface area contributed by atoms with E-state index in [1.165, 1.54) is 6.07 Å². The number of anilines is 1. The lowest BCUT2D eigenvalue weighted by atomic mass is 10.1. The van der Waals surface area contributed by atoms with Crippen molar-refractivity contribution in [1.29, 1.82) is 0 Å². The van der Waals surface area contributed by atoms with Crippen molar-refractivity contribution in [1.82, 2.24) is 5.32 Å². The first-order valence-electron chi connectivity index (χ1n) is 4.49. The molecule has 1 aromatic rings. The summed E-state index contributed by atoms with van der Waals surface area (Å²) in [5.41, 5.74) is 0.881. The monoisotopic (exact) mass is 224 g/mol. The highest BCUT2D eigenvalue weighted by Crippen LogP contribution is 2.22. The average molecular weight is 225 g/mol. The molecule has 0 unspecified atom stereocenters. The van der Waals surface area contributed by atoms with Gasteiger partial charge >= 0.3 is 0 Å². The van der Waals surface area contributed by atoms with Crippen molar-refractivity contribution in [3.63, 3.8) is 0 Å². The molecule has 1 aliphatic heterocycles. The molecule has 0 saturated carbocycles. The fourth-order valence-corrected chi connectivity index (χ4v) is 1.57.